The van der Waals surface area contributed by atoms with Crippen LogP contribution in [0.25, 0.3) is 10.8 Å². The second kappa shape index (κ2) is 16.2. The van der Waals surface area contributed by atoms with E-state index in [1.54, 1.807) is 38.3 Å². The van der Waals surface area contributed by atoms with Gasteiger partial charge in [0, 0.05) is 5.70 Å². The molecule has 49 heavy (non-hydrogen) atoms. The van der Waals surface area contributed by atoms with E-state index in [0.29, 0.717) is 57.5 Å². The summed E-state index contributed by atoms with van der Waals surface area (Å²) in [7, 11) is 2.84. The van der Waals surface area contributed by atoms with Gasteiger partial charge in [0.2, 0.25) is 0 Å². The fourth-order valence-electron chi connectivity index (χ4n) is 5.26. The van der Waals surface area contributed by atoms with E-state index in [1.807, 2.05) is 31.2 Å². The van der Waals surface area contributed by atoms with Crippen LogP contribution >= 0.6 is 15.9 Å². The smallest absolute Gasteiger partial charge is 0.337 e. The molecule has 0 aliphatic carbocycles. The van der Waals surface area contributed by atoms with E-state index in [9.17, 15) is 14.7 Å². The van der Waals surface area contributed by atoms with Crippen molar-refractivity contribution in [2.75, 3.05) is 27.4 Å². The van der Waals surface area contributed by atoms with E-state index >= 15 is 0 Å². The lowest BCUT2D eigenvalue weighted by Gasteiger charge is -2.28. The molecule has 0 saturated heterocycles. The Hall–Kier alpha value is -5.27. The Morgan fingerprint density at radius 1 is 1.00 bits per heavy atom. The van der Waals surface area contributed by atoms with Crippen molar-refractivity contribution in [3.05, 3.63) is 105 Å². The lowest BCUT2D eigenvalue weighted by atomic mass is 9.95. The number of aliphatic hydroxyl groups excluding tert-OH is 1. The quantitative estimate of drug-likeness (QED) is 0.0554. The number of allylic oxidation sites excluding steroid dienone is 1. The topological polar surface area (TPSA) is 149 Å². The predicted octanol–water partition coefficient (Wildman–Crippen LogP) is 5.71. The molecule has 4 N–H and O–H groups in total. The number of hydrogen-bond acceptors (Lipinski definition) is 10. The zero-order chi connectivity index (χ0) is 34.9. The van der Waals surface area contributed by atoms with Crippen LogP contribution in [0, 0.1) is 0 Å². The van der Waals surface area contributed by atoms with E-state index in [0.717, 1.165) is 16.3 Å². The van der Waals surface area contributed by atoms with Crippen LogP contribution in [0.1, 0.15) is 36.6 Å². The van der Waals surface area contributed by atoms with Crippen molar-refractivity contribution in [2.45, 2.75) is 32.7 Å². The molecule has 0 aromatic heterocycles. The fraction of sp³-hybridized carbons (Fsp3) is 0.250. The largest absolute Gasteiger partial charge is 0.493 e. The minimum atomic E-state index is -1.17. The molecule has 0 unspecified atom stereocenters. The molecule has 1 aliphatic rings. The number of esters is 1. The van der Waals surface area contributed by atoms with Gasteiger partial charge in [-0.15, -0.1) is 0 Å². The second-order valence-corrected chi connectivity index (χ2v) is 11.8. The predicted molar refractivity (Wildman–Crippen MR) is 188 cm³/mol. The van der Waals surface area contributed by atoms with E-state index in [2.05, 4.69) is 61.4 Å². The highest BCUT2D eigenvalue weighted by Gasteiger charge is 2.32. The molecule has 1 heterocycles. The number of hydrogen-bond donors (Lipinski definition) is 4. The van der Waals surface area contributed by atoms with Gasteiger partial charge in [0.1, 0.15) is 13.2 Å². The molecule has 0 radical (unpaired) electrons. The summed E-state index contributed by atoms with van der Waals surface area (Å²) in [4.78, 5) is 24.7. The number of halogens is 1. The summed E-state index contributed by atoms with van der Waals surface area (Å²) in [6, 6.07) is 21.8. The van der Waals surface area contributed by atoms with Gasteiger partial charge in [-0.1, -0.05) is 42.5 Å². The third kappa shape index (κ3) is 8.61. The van der Waals surface area contributed by atoms with Gasteiger partial charge in [0.15, 0.2) is 29.2 Å². The number of amides is 2. The van der Waals surface area contributed by atoms with Gasteiger partial charge in [-0.3, -0.25) is 5.43 Å². The third-order valence-corrected chi connectivity index (χ3v) is 8.15. The van der Waals surface area contributed by atoms with Crippen molar-refractivity contribution >= 4 is 44.9 Å². The van der Waals surface area contributed by atoms with Gasteiger partial charge in [0.25, 0.3) is 0 Å². The number of aliphatic hydroxyl groups is 1. The number of fused-ring (bicyclic) bond motifs is 1. The van der Waals surface area contributed by atoms with Crippen LogP contribution in [-0.4, -0.2) is 57.0 Å². The van der Waals surface area contributed by atoms with E-state index in [-0.39, 0.29) is 12.2 Å². The molecule has 1 aliphatic heterocycles. The lowest BCUT2D eigenvalue weighted by Crippen LogP contribution is -2.45. The fourth-order valence-corrected chi connectivity index (χ4v) is 5.83. The monoisotopic (exact) mass is 732 g/mol. The molecule has 4 aromatic rings. The standard InChI is InChI=1S/C36H37BrN4O8/c1-5-47-29-17-26(33-32(35(43)46-4)21(2)39-36(44)40-33)12-13-28(29)48-20-31(42)41-38-18-23-15-27(37)34(30(16-23)45-3)49-19-22-10-11-24-8-6-7-9-25(24)14-22/h6-18,31,33,41-42H,5,19-20H2,1-4H3,(H2,39,40,44)/b38-18-/t31-,33-/m1/s1. The Kier molecular flexibility index (Phi) is 11.6. The van der Waals surface area contributed by atoms with E-state index < -0.39 is 24.3 Å². The maximum absolute atomic E-state index is 12.5. The molecule has 2 amide bonds. The Labute approximate surface area is 292 Å². The van der Waals surface area contributed by atoms with Crippen LogP contribution < -0.4 is 35.0 Å². The van der Waals surface area contributed by atoms with Crippen LogP contribution in [0.3, 0.4) is 0 Å². The number of urea groups is 1. The molecule has 12 nitrogen and oxygen atoms in total. The second-order valence-electron chi connectivity index (χ2n) is 10.9. The molecule has 256 valence electrons. The van der Waals surface area contributed by atoms with Crippen LogP contribution in [0.5, 0.6) is 23.0 Å². The number of nitrogens with one attached hydrogen (secondary N) is 3. The van der Waals surface area contributed by atoms with Gasteiger partial charge in [0.05, 0.1) is 43.1 Å². The molecule has 0 bridgehead atoms. The highest BCUT2D eigenvalue weighted by Crippen LogP contribution is 2.37. The van der Waals surface area contributed by atoms with Gasteiger partial charge < -0.3 is 39.4 Å². The third-order valence-electron chi connectivity index (χ3n) is 7.56. The number of rotatable bonds is 14. The van der Waals surface area contributed by atoms with Crippen molar-refractivity contribution in [2.24, 2.45) is 5.10 Å². The maximum Gasteiger partial charge on any atom is 0.337 e. The van der Waals surface area contributed by atoms with Gasteiger partial charge in [-0.2, -0.15) is 5.10 Å². The van der Waals surface area contributed by atoms with E-state index in [1.165, 1.54) is 13.3 Å². The molecule has 0 fully saturated rings. The van der Waals surface area contributed by atoms with Gasteiger partial charge in [-0.05, 0) is 87.6 Å². The van der Waals surface area contributed by atoms with Crippen molar-refractivity contribution in [1.29, 1.82) is 0 Å². The number of hydrazone groups is 1. The van der Waals surface area contributed by atoms with Crippen LogP contribution in [0.15, 0.2) is 93.6 Å². The van der Waals surface area contributed by atoms with Crippen molar-refractivity contribution in [3.8, 4) is 23.0 Å². The van der Waals surface area contributed by atoms with Crippen molar-refractivity contribution in [3.63, 3.8) is 0 Å². The summed E-state index contributed by atoms with van der Waals surface area (Å²) in [5.74, 6) is 1.21. The van der Waals surface area contributed by atoms with Gasteiger partial charge in [-0.25, -0.2) is 9.59 Å². The first kappa shape index (κ1) is 35.0. The average Bonchev–Trinajstić information content (AvgIpc) is 3.09. The summed E-state index contributed by atoms with van der Waals surface area (Å²) in [6.07, 6.45) is 0.367. The summed E-state index contributed by atoms with van der Waals surface area (Å²) >= 11 is 3.58. The van der Waals surface area contributed by atoms with Crippen LogP contribution in [0.4, 0.5) is 4.79 Å². The number of benzene rings is 4. The maximum atomic E-state index is 12.5. The normalized spacial score (nSPS) is 15.0. The zero-order valence-corrected chi connectivity index (χ0v) is 29.0. The molecule has 4 aromatic carbocycles. The summed E-state index contributed by atoms with van der Waals surface area (Å²) in [5.41, 5.74) is 5.60. The molecular formula is C36H37BrN4O8. The molecule has 0 saturated carbocycles. The Morgan fingerprint density at radius 3 is 2.55 bits per heavy atom. The summed E-state index contributed by atoms with van der Waals surface area (Å²) in [5, 5.41) is 22.3. The van der Waals surface area contributed by atoms with Crippen LogP contribution in [0.2, 0.25) is 0 Å². The molecule has 13 heteroatoms. The lowest BCUT2D eigenvalue weighted by molar-refractivity contribution is -0.136. The first-order valence-electron chi connectivity index (χ1n) is 15.4. The number of ether oxygens (including phenoxy) is 5. The summed E-state index contributed by atoms with van der Waals surface area (Å²) in [6.45, 7) is 3.96. The molecule has 5 rings (SSSR count). The number of methoxy groups -OCH3 is 2. The highest BCUT2D eigenvalue weighted by atomic mass is 79.9. The first-order chi connectivity index (χ1) is 23.7. The van der Waals surface area contributed by atoms with Crippen molar-refractivity contribution in [1.82, 2.24) is 16.1 Å². The number of carbonyl (C=O) groups is 2. The van der Waals surface area contributed by atoms with Crippen LogP contribution in [-0.2, 0) is 16.1 Å². The van der Waals surface area contributed by atoms with Gasteiger partial charge >= 0.3 is 12.0 Å². The highest BCUT2D eigenvalue weighted by molar-refractivity contribution is 9.10. The average molecular weight is 734 g/mol. The van der Waals surface area contributed by atoms with E-state index in [4.69, 9.17) is 23.7 Å². The zero-order valence-electron chi connectivity index (χ0n) is 27.4. The Bertz CT molecular complexity index is 1900. The number of carbonyl (C=O) groups excluding carboxylic acids is 2. The molecule has 0 spiro atoms. The first-order valence-corrected chi connectivity index (χ1v) is 16.2. The Morgan fingerprint density at radius 2 is 1.80 bits per heavy atom. The summed E-state index contributed by atoms with van der Waals surface area (Å²) < 4.78 is 28.9. The SMILES string of the molecule is CCOc1cc([C@H]2NC(=O)NC(C)=C2C(=O)OC)ccc1OC[C@@H](O)N/N=C\c1cc(Br)c(OCc2ccc3ccccc3c2)c(OC)c1. The molecule has 2 atom stereocenters. The minimum Gasteiger partial charge on any atom is -0.493 e. The number of nitrogens with zero attached hydrogens (tertiary/aromatic N) is 1. The Balaban J connectivity index is 1.20. The minimum absolute atomic E-state index is 0.165. The van der Waals surface area contributed by atoms with Crippen molar-refractivity contribution < 1.29 is 38.4 Å². The molecular weight excluding hydrogens is 696 g/mol.